The van der Waals surface area contributed by atoms with Crippen LogP contribution in [0.1, 0.15) is 29.0 Å². The van der Waals surface area contributed by atoms with E-state index in [2.05, 4.69) is 73.6 Å². The van der Waals surface area contributed by atoms with Crippen LogP contribution in [0.15, 0.2) is 97.2 Å². The highest BCUT2D eigenvalue weighted by atomic mass is 16.2. The molecule has 1 unspecified atom stereocenters. The molecule has 0 radical (unpaired) electrons. The van der Waals surface area contributed by atoms with Crippen LogP contribution in [0.4, 0.5) is 22.1 Å². The maximum atomic E-state index is 12.7. The average molecular weight is 584 g/mol. The number of aromatic nitrogens is 2. The molecule has 8 nitrogen and oxygen atoms in total. The number of hydrogen-bond donors (Lipinski definition) is 4. The van der Waals surface area contributed by atoms with Crippen molar-refractivity contribution in [3.05, 3.63) is 114 Å². The summed E-state index contributed by atoms with van der Waals surface area (Å²) in [6.45, 7) is 6.34. The summed E-state index contributed by atoms with van der Waals surface area (Å²) in [5.41, 5.74) is 7.27. The number of anilines is 3. The van der Waals surface area contributed by atoms with E-state index in [1.165, 1.54) is 11.1 Å². The monoisotopic (exact) mass is 583 g/mol. The fourth-order valence-electron chi connectivity index (χ4n) is 6.32. The molecular weight excluding hydrogens is 546 g/mol. The average Bonchev–Trinajstić information content (AvgIpc) is 3.07. The minimum Gasteiger partial charge on any atom is -0.354 e. The largest absolute Gasteiger partial charge is 0.354 e. The van der Waals surface area contributed by atoms with Gasteiger partial charge < -0.3 is 26.2 Å². The predicted molar refractivity (Wildman–Crippen MR) is 178 cm³/mol. The molecule has 1 saturated heterocycles. The van der Waals surface area contributed by atoms with Crippen LogP contribution in [0, 0.1) is 0 Å². The number of benzene rings is 4. The molecule has 1 fully saturated rings. The third-order valence-electron chi connectivity index (χ3n) is 8.60. The third-order valence-corrected chi connectivity index (χ3v) is 8.60. The first kappa shape index (κ1) is 28.0. The van der Waals surface area contributed by atoms with Gasteiger partial charge in [0.1, 0.15) is 0 Å². The Hall–Kier alpha value is -4.79. The predicted octanol–water partition coefficient (Wildman–Crippen LogP) is 6.34. The fourth-order valence-corrected chi connectivity index (χ4v) is 6.32. The summed E-state index contributed by atoms with van der Waals surface area (Å²) in [7, 11) is 0. The number of urea groups is 1. The van der Waals surface area contributed by atoms with Crippen molar-refractivity contribution in [1.29, 1.82) is 0 Å². The van der Waals surface area contributed by atoms with Gasteiger partial charge in [0.25, 0.3) is 0 Å². The first-order valence-electron chi connectivity index (χ1n) is 15.5. The summed E-state index contributed by atoms with van der Waals surface area (Å²) in [5.74, 6) is 0.871. The van der Waals surface area contributed by atoms with Gasteiger partial charge in [0.15, 0.2) is 0 Å². The number of piperazine rings is 1. The van der Waals surface area contributed by atoms with Crippen molar-refractivity contribution < 1.29 is 4.79 Å². The Morgan fingerprint density at radius 2 is 1.61 bits per heavy atom. The zero-order valence-electron chi connectivity index (χ0n) is 24.7. The third kappa shape index (κ3) is 6.27. The number of nitrogens with one attached hydrogen (secondary N) is 4. The Labute approximate surface area is 257 Å². The van der Waals surface area contributed by atoms with Gasteiger partial charge in [-0.25, -0.2) is 14.8 Å². The molecule has 5 aromatic rings. The summed E-state index contributed by atoms with van der Waals surface area (Å²) in [6, 6.07) is 30.4. The van der Waals surface area contributed by atoms with E-state index >= 15 is 0 Å². The van der Waals surface area contributed by atoms with Gasteiger partial charge in [-0.2, -0.15) is 0 Å². The molecule has 1 aliphatic carbocycles. The minimum atomic E-state index is -0.268. The quantitative estimate of drug-likeness (QED) is 0.159. The number of hydrogen-bond acceptors (Lipinski definition) is 6. The van der Waals surface area contributed by atoms with Crippen molar-refractivity contribution in [1.82, 2.24) is 20.2 Å². The van der Waals surface area contributed by atoms with Crippen molar-refractivity contribution in [2.75, 3.05) is 55.2 Å². The van der Waals surface area contributed by atoms with E-state index in [1.54, 1.807) is 0 Å². The van der Waals surface area contributed by atoms with Gasteiger partial charge in [-0.15, -0.1) is 0 Å². The molecule has 222 valence electrons. The maximum Gasteiger partial charge on any atom is 0.323 e. The highest BCUT2D eigenvalue weighted by Gasteiger charge is 2.27. The normalized spacial score (nSPS) is 16.1. The Morgan fingerprint density at radius 3 is 2.48 bits per heavy atom. The van der Waals surface area contributed by atoms with Gasteiger partial charge in [-0.1, -0.05) is 66.7 Å². The van der Waals surface area contributed by atoms with E-state index in [9.17, 15) is 4.79 Å². The van der Waals surface area contributed by atoms with Crippen molar-refractivity contribution >= 4 is 34.1 Å². The van der Waals surface area contributed by atoms with Crippen molar-refractivity contribution in [2.24, 2.45) is 0 Å². The summed E-state index contributed by atoms with van der Waals surface area (Å²) >= 11 is 0. The summed E-state index contributed by atoms with van der Waals surface area (Å²) in [4.78, 5) is 24.9. The second kappa shape index (κ2) is 12.8. The second-order valence-electron chi connectivity index (χ2n) is 11.5. The maximum absolute atomic E-state index is 12.7. The van der Waals surface area contributed by atoms with Gasteiger partial charge >= 0.3 is 6.03 Å². The van der Waals surface area contributed by atoms with Crippen LogP contribution in [0.3, 0.4) is 0 Å². The molecule has 44 heavy (non-hydrogen) atoms. The van der Waals surface area contributed by atoms with E-state index in [0.717, 1.165) is 91.1 Å². The van der Waals surface area contributed by atoms with Crippen LogP contribution in [0.2, 0.25) is 0 Å². The van der Waals surface area contributed by atoms with Crippen LogP contribution in [-0.4, -0.2) is 60.2 Å². The van der Waals surface area contributed by atoms with Gasteiger partial charge in [0, 0.05) is 61.8 Å². The number of carbonyl (C=O) groups is 1. The number of rotatable bonds is 8. The van der Waals surface area contributed by atoms with Crippen LogP contribution < -0.4 is 21.3 Å². The molecular formula is C36H37N7O. The summed E-state index contributed by atoms with van der Waals surface area (Å²) in [6.07, 6.45) is 3.87. The Kier molecular flexibility index (Phi) is 8.17. The minimum absolute atomic E-state index is 0.181. The molecule has 0 bridgehead atoms. The zero-order valence-corrected chi connectivity index (χ0v) is 24.7. The van der Waals surface area contributed by atoms with E-state index < -0.39 is 0 Å². The van der Waals surface area contributed by atoms with E-state index in [0.29, 0.717) is 5.95 Å². The first-order chi connectivity index (χ1) is 21.7. The smallest absolute Gasteiger partial charge is 0.323 e. The number of carbonyl (C=O) groups excluding carboxylic acids is 1. The van der Waals surface area contributed by atoms with Gasteiger partial charge in [-0.05, 0) is 71.1 Å². The molecule has 1 aliphatic heterocycles. The molecule has 4 aromatic carbocycles. The Balaban J connectivity index is 1.00. The second-order valence-corrected chi connectivity index (χ2v) is 11.5. The number of nitrogens with zero attached hydrogens (tertiary/aromatic N) is 3. The Morgan fingerprint density at radius 1 is 0.864 bits per heavy atom. The summed E-state index contributed by atoms with van der Waals surface area (Å²) < 4.78 is 0. The first-order valence-corrected chi connectivity index (χ1v) is 15.5. The van der Waals surface area contributed by atoms with E-state index in [1.807, 2.05) is 54.7 Å². The molecule has 2 amide bonds. The van der Waals surface area contributed by atoms with Crippen LogP contribution in [0.5, 0.6) is 0 Å². The molecule has 7 rings (SSSR count). The van der Waals surface area contributed by atoms with Gasteiger partial charge in [0.05, 0.1) is 5.69 Å². The van der Waals surface area contributed by atoms with Crippen molar-refractivity contribution in [3.63, 3.8) is 0 Å². The molecule has 0 spiro atoms. The molecule has 1 aromatic heterocycles. The molecule has 8 heteroatoms. The van der Waals surface area contributed by atoms with E-state index in [4.69, 9.17) is 4.98 Å². The van der Waals surface area contributed by atoms with Gasteiger partial charge in [0.2, 0.25) is 5.95 Å². The Bertz CT molecular complexity index is 1760. The number of fused-ring (bicyclic) bond motifs is 4. The SMILES string of the molecule is O=C(Nc1ccc(C2Cc3cnc(NCCCN4CCNCC4)nc3-c3ccccc32)cc1)Nc1ccc2ccccc2c1. The standard InChI is InChI=1S/C36H37N7O/c44-36(41-30-15-10-25-6-1-2-7-27(25)22-30)40-29-13-11-26(12-14-29)33-23-28-24-39-35(38-16-5-19-43-20-17-37-18-21-43)42-34(28)32-9-4-3-8-31(32)33/h1-4,6-15,22,24,33,37H,5,16-21,23H2,(H,38,39,42)(H2,40,41,44). The highest BCUT2D eigenvalue weighted by Crippen LogP contribution is 2.42. The van der Waals surface area contributed by atoms with Crippen molar-refractivity contribution in [2.45, 2.75) is 18.8 Å². The molecule has 1 atom stereocenters. The lowest BCUT2D eigenvalue weighted by atomic mass is 9.78. The lowest BCUT2D eigenvalue weighted by Gasteiger charge is -2.28. The van der Waals surface area contributed by atoms with Gasteiger partial charge in [-0.3, -0.25) is 0 Å². The van der Waals surface area contributed by atoms with Crippen LogP contribution >= 0.6 is 0 Å². The molecule has 4 N–H and O–H groups in total. The number of amides is 2. The highest BCUT2D eigenvalue weighted by molar-refractivity contribution is 6.01. The lowest BCUT2D eigenvalue weighted by molar-refractivity contribution is 0.240. The molecule has 2 heterocycles. The molecule has 0 saturated carbocycles. The zero-order chi connectivity index (χ0) is 29.7. The summed E-state index contributed by atoms with van der Waals surface area (Å²) in [5, 5.41) is 15.0. The lowest BCUT2D eigenvalue weighted by Crippen LogP contribution is -2.44. The van der Waals surface area contributed by atoms with Crippen LogP contribution in [0.25, 0.3) is 22.0 Å². The fraction of sp³-hybridized carbons (Fsp3) is 0.250. The molecule has 2 aliphatic rings. The van der Waals surface area contributed by atoms with Crippen LogP contribution in [-0.2, 0) is 6.42 Å². The van der Waals surface area contributed by atoms with Crippen molar-refractivity contribution in [3.8, 4) is 11.3 Å². The van der Waals surface area contributed by atoms with E-state index in [-0.39, 0.29) is 11.9 Å². The topological polar surface area (TPSA) is 94.2 Å².